The highest BCUT2D eigenvalue weighted by molar-refractivity contribution is 5.15. The summed E-state index contributed by atoms with van der Waals surface area (Å²) in [7, 11) is 0. The lowest BCUT2D eigenvalue weighted by molar-refractivity contribution is 0.106. The second-order valence-corrected chi connectivity index (χ2v) is 11.7. The molecule has 10 unspecified atom stereocenters. The summed E-state index contributed by atoms with van der Waals surface area (Å²) >= 11 is 0. The predicted octanol–water partition coefficient (Wildman–Crippen LogP) is 6.49. The van der Waals surface area contributed by atoms with Crippen molar-refractivity contribution in [1.29, 1.82) is 0 Å². The van der Waals surface area contributed by atoms with Gasteiger partial charge in [-0.15, -0.1) is 0 Å². The van der Waals surface area contributed by atoms with Crippen LogP contribution >= 0.6 is 0 Å². The standard InChI is InChI=1S/C25H36/c1-25(2,13-17-9-15-11-23(17)21-7-3-5-19(15)21)14-18-10-16-12-24(18)22-8-4-6-20(16)22/h3-4,7-8,15-24H,5-6,9-14H2,1-2H3. The molecule has 6 aliphatic rings. The van der Waals surface area contributed by atoms with Crippen molar-refractivity contribution in [1.82, 2.24) is 0 Å². The van der Waals surface area contributed by atoms with Gasteiger partial charge in [0.15, 0.2) is 0 Å². The molecule has 0 N–H and O–H groups in total. The van der Waals surface area contributed by atoms with Gasteiger partial charge in [0.1, 0.15) is 0 Å². The molecular weight excluding hydrogens is 300 g/mol. The van der Waals surface area contributed by atoms with Crippen molar-refractivity contribution >= 4 is 0 Å². The summed E-state index contributed by atoms with van der Waals surface area (Å²) in [6.45, 7) is 5.24. The van der Waals surface area contributed by atoms with E-state index in [1.165, 1.54) is 25.7 Å². The van der Waals surface area contributed by atoms with E-state index < -0.39 is 0 Å². The summed E-state index contributed by atoms with van der Waals surface area (Å²) in [5, 5.41) is 0. The van der Waals surface area contributed by atoms with Crippen molar-refractivity contribution in [3.05, 3.63) is 24.3 Å². The summed E-state index contributed by atoms with van der Waals surface area (Å²) in [6, 6.07) is 0. The normalized spacial score (nSPS) is 54.6. The molecule has 136 valence electrons. The molecule has 0 radical (unpaired) electrons. The average Bonchev–Trinajstić information content (AvgIpc) is 3.33. The molecule has 0 aromatic heterocycles. The van der Waals surface area contributed by atoms with Crippen LogP contribution < -0.4 is 0 Å². The van der Waals surface area contributed by atoms with Gasteiger partial charge in [-0.3, -0.25) is 0 Å². The van der Waals surface area contributed by atoms with Crippen LogP contribution in [0.4, 0.5) is 0 Å². The Hall–Kier alpha value is -0.520. The van der Waals surface area contributed by atoms with E-state index in [2.05, 4.69) is 38.2 Å². The molecule has 0 spiro atoms. The summed E-state index contributed by atoms with van der Waals surface area (Å²) in [6.07, 6.45) is 22.4. The summed E-state index contributed by atoms with van der Waals surface area (Å²) in [5.41, 5.74) is 0.569. The minimum atomic E-state index is 0.569. The lowest BCUT2D eigenvalue weighted by Crippen LogP contribution is -2.32. The Kier molecular flexibility index (Phi) is 3.27. The Morgan fingerprint density at radius 1 is 0.680 bits per heavy atom. The maximum atomic E-state index is 2.62. The minimum absolute atomic E-state index is 0.569. The first-order chi connectivity index (χ1) is 12.1. The highest BCUT2D eigenvalue weighted by atomic mass is 14.6. The molecule has 10 atom stereocenters. The van der Waals surface area contributed by atoms with Crippen LogP contribution in [0.2, 0.25) is 0 Å². The van der Waals surface area contributed by atoms with Gasteiger partial charge in [-0.1, -0.05) is 38.2 Å². The second-order valence-electron chi connectivity index (χ2n) is 11.7. The molecule has 0 saturated heterocycles. The van der Waals surface area contributed by atoms with Crippen molar-refractivity contribution in [3.8, 4) is 0 Å². The zero-order chi connectivity index (χ0) is 16.8. The Morgan fingerprint density at radius 3 is 1.64 bits per heavy atom. The Bertz CT molecular complexity index is 558. The average molecular weight is 337 g/mol. The molecule has 0 amide bonds. The third kappa shape index (κ3) is 2.24. The number of rotatable bonds is 4. The van der Waals surface area contributed by atoms with E-state index in [4.69, 9.17) is 0 Å². The molecule has 0 heteroatoms. The molecule has 0 heterocycles. The zero-order valence-corrected chi connectivity index (χ0v) is 16.2. The van der Waals surface area contributed by atoms with Crippen molar-refractivity contribution in [3.63, 3.8) is 0 Å². The Labute approximate surface area is 154 Å². The molecular formula is C25H36. The van der Waals surface area contributed by atoms with E-state index in [-0.39, 0.29) is 0 Å². The number of allylic oxidation sites excluding steroid dienone is 4. The second kappa shape index (κ2) is 5.26. The lowest BCUT2D eigenvalue weighted by Gasteiger charge is -2.40. The maximum Gasteiger partial charge on any atom is -0.0168 e. The van der Waals surface area contributed by atoms with Gasteiger partial charge in [0.2, 0.25) is 0 Å². The zero-order valence-electron chi connectivity index (χ0n) is 16.2. The highest BCUT2D eigenvalue weighted by Crippen LogP contribution is 2.63. The molecule has 4 fully saturated rings. The molecule has 0 aliphatic heterocycles. The molecule has 4 bridgehead atoms. The van der Waals surface area contributed by atoms with Crippen LogP contribution in [0, 0.1) is 64.6 Å². The first-order valence-electron chi connectivity index (χ1n) is 11.4. The van der Waals surface area contributed by atoms with E-state index in [0.717, 1.165) is 59.2 Å². The van der Waals surface area contributed by atoms with Crippen molar-refractivity contribution < 1.29 is 0 Å². The lowest BCUT2D eigenvalue weighted by atomic mass is 9.65. The fourth-order valence-electron chi connectivity index (χ4n) is 9.34. The topological polar surface area (TPSA) is 0 Å². The third-order valence-corrected chi connectivity index (χ3v) is 9.92. The minimum Gasteiger partial charge on any atom is -0.0879 e. The summed E-state index contributed by atoms with van der Waals surface area (Å²) < 4.78 is 0. The van der Waals surface area contributed by atoms with Crippen LogP contribution in [0.25, 0.3) is 0 Å². The van der Waals surface area contributed by atoms with Gasteiger partial charge in [0.05, 0.1) is 0 Å². The van der Waals surface area contributed by atoms with Gasteiger partial charge >= 0.3 is 0 Å². The molecule has 25 heavy (non-hydrogen) atoms. The molecule has 0 nitrogen and oxygen atoms in total. The van der Waals surface area contributed by atoms with Crippen molar-refractivity contribution in [2.45, 2.75) is 65.2 Å². The fraction of sp³-hybridized carbons (Fsp3) is 0.840. The van der Waals surface area contributed by atoms with E-state index >= 15 is 0 Å². The Balaban J connectivity index is 1.12. The molecule has 0 aromatic carbocycles. The van der Waals surface area contributed by atoms with E-state index in [1.54, 1.807) is 25.7 Å². The van der Waals surface area contributed by atoms with Gasteiger partial charge < -0.3 is 0 Å². The smallest absolute Gasteiger partial charge is 0.0168 e. The molecule has 0 aromatic rings. The first kappa shape index (κ1) is 15.5. The van der Waals surface area contributed by atoms with Crippen LogP contribution in [-0.4, -0.2) is 0 Å². The molecule has 6 aliphatic carbocycles. The van der Waals surface area contributed by atoms with E-state index in [9.17, 15) is 0 Å². The van der Waals surface area contributed by atoms with Gasteiger partial charge in [-0.05, 0) is 116 Å². The Morgan fingerprint density at radius 2 is 1.16 bits per heavy atom. The molecule has 6 rings (SSSR count). The quantitative estimate of drug-likeness (QED) is 0.515. The van der Waals surface area contributed by atoms with Crippen LogP contribution in [0.15, 0.2) is 24.3 Å². The third-order valence-electron chi connectivity index (χ3n) is 9.92. The maximum absolute atomic E-state index is 2.62. The SMILES string of the molecule is CC(C)(CC1CC2CC1C1C=CCC21)CC1CC2CC1C1C=CCC21. The van der Waals surface area contributed by atoms with E-state index in [1.807, 2.05) is 0 Å². The summed E-state index contributed by atoms with van der Waals surface area (Å²) in [5.74, 6) is 10.4. The first-order valence-corrected chi connectivity index (χ1v) is 11.4. The van der Waals surface area contributed by atoms with Crippen LogP contribution in [-0.2, 0) is 0 Å². The molecule has 4 saturated carbocycles. The van der Waals surface area contributed by atoms with Crippen LogP contribution in [0.5, 0.6) is 0 Å². The van der Waals surface area contributed by atoms with Crippen molar-refractivity contribution in [2.75, 3.05) is 0 Å². The number of hydrogen-bond acceptors (Lipinski definition) is 0. The number of hydrogen-bond donors (Lipinski definition) is 0. The van der Waals surface area contributed by atoms with Gasteiger partial charge in [-0.2, -0.15) is 0 Å². The number of fused-ring (bicyclic) bond motifs is 10. The largest absolute Gasteiger partial charge is 0.0879 e. The predicted molar refractivity (Wildman–Crippen MR) is 104 cm³/mol. The highest BCUT2D eigenvalue weighted by Gasteiger charge is 2.55. The van der Waals surface area contributed by atoms with Gasteiger partial charge in [-0.25, -0.2) is 0 Å². The van der Waals surface area contributed by atoms with Gasteiger partial charge in [0, 0.05) is 0 Å². The van der Waals surface area contributed by atoms with Crippen LogP contribution in [0.3, 0.4) is 0 Å². The fourth-order valence-corrected chi connectivity index (χ4v) is 9.34. The van der Waals surface area contributed by atoms with Gasteiger partial charge in [0.25, 0.3) is 0 Å². The summed E-state index contributed by atoms with van der Waals surface area (Å²) in [4.78, 5) is 0. The van der Waals surface area contributed by atoms with E-state index in [0.29, 0.717) is 5.41 Å². The van der Waals surface area contributed by atoms with Crippen LogP contribution in [0.1, 0.15) is 65.2 Å². The van der Waals surface area contributed by atoms with Crippen molar-refractivity contribution in [2.24, 2.45) is 64.6 Å². The monoisotopic (exact) mass is 336 g/mol.